The minimum Gasteiger partial charge on any atom is -0.508 e. The van der Waals surface area contributed by atoms with Crippen LogP contribution in [0, 0.1) is 0 Å². The average Bonchev–Trinajstić information content (AvgIpc) is 3.84. The van der Waals surface area contributed by atoms with Crippen molar-refractivity contribution in [2.45, 2.75) is 194 Å². The SMILES string of the molecule is CC(C)=CCC/C(C)=C/CC[C@@]1(C)Oc2c(c(O)cc3c2CN([C@@H](CCCN2Cc4c(cc(OC(=O)N(C)C5CCOCC5)c5c4O[C@](C)(CC/C=C(\C)CCC=C(C)C)[C@@H](O)C5)C2=O)OC=O)C3=O)C[C@@H]1O. The van der Waals surface area contributed by atoms with Crippen LogP contribution in [-0.4, -0.2) is 117 Å². The van der Waals surface area contributed by atoms with Crippen molar-refractivity contribution in [1.29, 1.82) is 0 Å². The molecular formula is C58H79N3O12. The second-order valence-corrected chi connectivity index (χ2v) is 21.8. The number of benzene rings is 2. The number of aromatic hydroxyl groups is 1. The fourth-order valence-electron chi connectivity index (χ4n) is 10.8. The molecule has 5 atom stereocenters. The Balaban J connectivity index is 1.06. The van der Waals surface area contributed by atoms with E-state index >= 15 is 0 Å². The van der Waals surface area contributed by atoms with E-state index in [0.717, 1.165) is 25.7 Å². The van der Waals surface area contributed by atoms with Gasteiger partial charge in [0.05, 0.1) is 36.4 Å². The third-order valence-electron chi connectivity index (χ3n) is 15.6. The standard InChI is InChI=1S/C58H79N3O12/c1-36(2)15-10-17-38(5)19-12-24-57(7)49(64)31-43-47(63)29-41-46(52(43)72-57)34-61(55(41)67)51(70-35-62)21-14-26-60-33-45-42(54(60)66)30-48(71-56(68)59(9)40-22-27-69-28-23-40)44-32-50(65)58(8,73-53(44)45)25-13-20-39(6)18-11-16-37(3)4/h15-16,19-20,29-30,35,40,49-51,63-65H,10-14,17-18,21-28,31-34H2,1-9H3/b38-19+,39-20+/t49-,50-,51+,57+,58+/m0/s1. The number of aliphatic hydroxyl groups excluding tert-OH is 2. The second kappa shape index (κ2) is 23.7. The Labute approximate surface area is 431 Å². The summed E-state index contributed by atoms with van der Waals surface area (Å²) >= 11 is 0. The summed E-state index contributed by atoms with van der Waals surface area (Å²) in [6.07, 6.45) is 13.7. The van der Waals surface area contributed by atoms with Gasteiger partial charge in [0.1, 0.15) is 34.2 Å². The molecule has 2 aromatic carbocycles. The fourth-order valence-corrected chi connectivity index (χ4v) is 10.8. The summed E-state index contributed by atoms with van der Waals surface area (Å²) in [5.74, 6) is 0.0793. The molecule has 3 N–H and O–H groups in total. The molecule has 5 aliphatic rings. The lowest BCUT2D eigenvalue weighted by Crippen LogP contribution is -2.49. The molecule has 0 aliphatic carbocycles. The summed E-state index contributed by atoms with van der Waals surface area (Å²) in [6.45, 7) is 18.1. The van der Waals surface area contributed by atoms with Crippen molar-refractivity contribution in [3.63, 3.8) is 0 Å². The predicted molar refractivity (Wildman–Crippen MR) is 278 cm³/mol. The van der Waals surface area contributed by atoms with Gasteiger partial charge in [-0.1, -0.05) is 46.6 Å². The van der Waals surface area contributed by atoms with Crippen LogP contribution in [0.5, 0.6) is 23.0 Å². The van der Waals surface area contributed by atoms with E-state index in [1.165, 1.54) is 33.3 Å². The molecule has 7 rings (SSSR count). The first-order chi connectivity index (χ1) is 34.7. The number of rotatable bonds is 21. The van der Waals surface area contributed by atoms with Crippen LogP contribution in [0.25, 0.3) is 0 Å². The Morgan fingerprint density at radius 3 is 1.90 bits per heavy atom. The molecule has 15 heteroatoms. The highest BCUT2D eigenvalue weighted by molar-refractivity contribution is 6.01. The van der Waals surface area contributed by atoms with E-state index in [0.29, 0.717) is 104 Å². The lowest BCUT2D eigenvalue weighted by Gasteiger charge is -2.41. The zero-order valence-corrected chi connectivity index (χ0v) is 44.6. The van der Waals surface area contributed by atoms with E-state index < -0.39 is 41.6 Å². The fraction of sp³-hybridized carbons (Fsp3) is 0.586. The summed E-state index contributed by atoms with van der Waals surface area (Å²) in [5.41, 5.74) is 5.78. The number of ether oxygens (including phenoxy) is 5. The third-order valence-corrected chi connectivity index (χ3v) is 15.6. The monoisotopic (exact) mass is 1010 g/mol. The Kier molecular flexibility index (Phi) is 17.9. The third kappa shape index (κ3) is 12.7. The van der Waals surface area contributed by atoms with Gasteiger partial charge in [-0.3, -0.25) is 19.3 Å². The second-order valence-electron chi connectivity index (χ2n) is 21.8. The molecule has 5 aliphatic heterocycles. The highest BCUT2D eigenvalue weighted by Gasteiger charge is 2.47. The summed E-state index contributed by atoms with van der Waals surface area (Å²) in [5, 5.41) is 34.3. The van der Waals surface area contributed by atoms with Gasteiger partial charge >= 0.3 is 6.09 Å². The minimum absolute atomic E-state index is 0.0451. The molecule has 0 spiro atoms. The first kappa shape index (κ1) is 55.1. The van der Waals surface area contributed by atoms with Crippen molar-refractivity contribution in [1.82, 2.24) is 14.7 Å². The number of hydrogen-bond acceptors (Lipinski definition) is 12. The number of hydrogen-bond donors (Lipinski definition) is 3. The number of aliphatic hydroxyl groups is 2. The maximum atomic E-state index is 14.4. The maximum Gasteiger partial charge on any atom is 0.415 e. The van der Waals surface area contributed by atoms with Gasteiger partial charge in [-0.25, -0.2) is 4.79 Å². The molecule has 1 fully saturated rings. The van der Waals surface area contributed by atoms with Crippen molar-refractivity contribution in [3.05, 3.63) is 92.1 Å². The van der Waals surface area contributed by atoms with E-state index in [-0.39, 0.29) is 67.9 Å². The smallest absolute Gasteiger partial charge is 0.415 e. The van der Waals surface area contributed by atoms with Gasteiger partial charge in [0.2, 0.25) is 0 Å². The number of carbonyl (C=O) groups is 4. The van der Waals surface area contributed by atoms with E-state index in [1.54, 1.807) is 22.9 Å². The molecule has 0 bridgehead atoms. The first-order valence-electron chi connectivity index (χ1n) is 26.3. The molecule has 3 amide bonds. The highest BCUT2D eigenvalue weighted by atomic mass is 16.6. The Hall–Kier alpha value is -5.64. The number of phenols is 1. The normalized spacial score (nSPS) is 23.1. The number of amides is 3. The highest BCUT2D eigenvalue weighted by Crippen LogP contribution is 2.49. The number of nitrogens with zero attached hydrogens (tertiary/aromatic N) is 3. The zero-order chi connectivity index (χ0) is 52.8. The van der Waals surface area contributed by atoms with Gasteiger partial charge in [0.25, 0.3) is 18.3 Å². The summed E-state index contributed by atoms with van der Waals surface area (Å²) in [7, 11) is 1.70. The van der Waals surface area contributed by atoms with Crippen LogP contribution < -0.4 is 14.2 Å². The van der Waals surface area contributed by atoms with Gasteiger partial charge in [0, 0.05) is 74.4 Å². The molecule has 0 radical (unpaired) electrons. The van der Waals surface area contributed by atoms with Crippen LogP contribution in [0.1, 0.15) is 175 Å². The molecule has 0 saturated carbocycles. The largest absolute Gasteiger partial charge is 0.508 e. The number of allylic oxidation sites excluding steroid dienone is 8. The molecule has 2 aromatic rings. The Morgan fingerprint density at radius 2 is 1.33 bits per heavy atom. The van der Waals surface area contributed by atoms with Gasteiger partial charge in [-0.15, -0.1) is 0 Å². The number of phenolic OH excluding ortho intramolecular Hbond substituents is 1. The zero-order valence-electron chi connectivity index (χ0n) is 44.6. The molecule has 5 heterocycles. The van der Waals surface area contributed by atoms with E-state index in [4.69, 9.17) is 23.7 Å². The molecule has 0 aromatic heterocycles. The average molecular weight is 1010 g/mol. The molecule has 0 unspecified atom stereocenters. The lowest BCUT2D eigenvalue weighted by molar-refractivity contribution is -0.141. The maximum absolute atomic E-state index is 14.4. The van der Waals surface area contributed by atoms with Crippen LogP contribution in [0.3, 0.4) is 0 Å². The molecule has 398 valence electrons. The van der Waals surface area contributed by atoms with Gasteiger partial charge < -0.3 is 48.8 Å². The van der Waals surface area contributed by atoms with Crippen molar-refractivity contribution in [2.24, 2.45) is 0 Å². The molecule has 1 saturated heterocycles. The predicted octanol–water partition coefficient (Wildman–Crippen LogP) is 9.95. The van der Waals surface area contributed by atoms with Crippen LogP contribution in [0.4, 0.5) is 4.79 Å². The summed E-state index contributed by atoms with van der Waals surface area (Å²) in [6, 6.07) is 2.92. The van der Waals surface area contributed by atoms with Crippen molar-refractivity contribution in [3.8, 4) is 23.0 Å². The number of carbonyl (C=O) groups excluding carboxylic acids is 4. The van der Waals surface area contributed by atoms with Gasteiger partial charge in [-0.2, -0.15) is 0 Å². The van der Waals surface area contributed by atoms with Gasteiger partial charge in [-0.05, 0) is 138 Å². The van der Waals surface area contributed by atoms with Crippen molar-refractivity contribution >= 4 is 24.4 Å². The first-order valence-corrected chi connectivity index (χ1v) is 26.3. The van der Waals surface area contributed by atoms with Crippen molar-refractivity contribution in [2.75, 3.05) is 26.8 Å². The number of fused-ring (bicyclic) bond motifs is 6. The quantitative estimate of drug-likeness (QED) is 0.0796. The van der Waals surface area contributed by atoms with Crippen LogP contribution >= 0.6 is 0 Å². The molecule has 15 nitrogen and oxygen atoms in total. The molecule has 73 heavy (non-hydrogen) atoms. The summed E-state index contributed by atoms with van der Waals surface area (Å²) in [4.78, 5) is 59.0. The minimum atomic E-state index is -1.00. The Bertz CT molecular complexity index is 2520. The van der Waals surface area contributed by atoms with E-state index in [9.17, 15) is 34.5 Å². The molecular weight excluding hydrogens is 931 g/mol. The lowest BCUT2D eigenvalue weighted by atomic mass is 9.84. The van der Waals surface area contributed by atoms with E-state index in [1.807, 2.05) is 13.8 Å². The summed E-state index contributed by atoms with van der Waals surface area (Å²) < 4.78 is 30.6. The van der Waals surface area contributed by atoms with Crippen LogP contribution in [0.2, 0.25) is 0 Å². The van der Waals surface area contributed by atoms with Crippen molar-refractivity contribution < 1.29 is 58.2 Å². The van der Waals surface area contributed by atoms with E-state index in [2.05, 4.69) is 65.8 Å². The Morgan fingerprint density at radius 1 is 0.781 bits per heavy atom. The van der Waals surface area contributed by atoms with Crippen LogP contribution in [-0.2, 0) is 40.2 Å². The van der Waals surface area contributed by atoms with Gasteiger partial charge in [0.15, 0.2) is 6.23 Å². The topological polar surface area (TPSA) is 185 Å². The van der Waals surface area contributed by atoms with Crippen LogP contribution in [0.15, 0.2) is 58.7 Å².